The molecule has 22 heavy (non-hydrogen) atoms. The van der Waals surface area contributed by atoms with E-state index in [1.807, 2.05) is 19.1 Å². The minimum atomic E-state index is -0.205. The van der Waals surface area contributed by atoms with Gasteiger partial charge in [-0.3, -0.25) is 5.10 Å². The van der Waals surface area contributed by atoms with E-state index in [-0.39, 0.29) is 12.1 Å². The van der Waals surface area contributed by atoms with Crippen LogP contribution in [0.15, 0.2) is 36.0 Å². The molecule has 0 aliphatic carbocycles. The molecule has 1 atom stereocenters. The van der Waals surface area contributed by atoms with Crippen molar-refractivity contribution in [2.75, 3.05) is 6.54 Å². The van der Waals surface area contributed by atoms with Gasteiger partial charge in [-0.15, -0.1) is 11.3 Å². The molecule has 0 bridgehead atoms. The molecule has 1 aromatic carbocycles. The summed E-state index contributed by atoms with van der Waals surface area (Å²) in [6, 6.07) is 7.90. The molecule has 6 nitrogen and oxygen atoms in total. The van der Waals surface area contributed by atoms with Crippen LogP contribution < -0.4 is 10.6 Å². The molecule has 0 aliphatic heterocycles. The maximum atomic E-state index is 11.9. The van der Waals surface area contributed by atoms with E-state index in [0.717, 1.165) is 6.42 Å². The number of nitrogens with zero attached hydrogens (tertiary/aromatic N) is 2. The number of aromatic amines is 1. The fourth-order valence-corrected chi connectivity index (χ4v) is 3.27. The first-order valence-electron chi connectivity index (χ1n) is 7.09. The van der Waals surface area contributed by atoms with E-state index in [4.69, 9.17) is 0 Å². The van der Waals surface area contributed by atoms with E-state index in [2.05, 4.69) is 43.3 Å². The van der Waals surface area contributed by atoms with Gasteiger partial charge >= 0.3 is 6.03 Å². The van der Waals surface area contributed by atoms with E-state index in [1.165, 1.54) is 22.0 Å². The Kier molecular flexibility index (Phi) is 4.34. The summed E-state index contributed by atoms with van der Waals surface area (Å²) in [5, 5.41) is 15.6. The molecule has 3 rings (SSSR count). The van der Waals surface area contributed by atoms with Crippen molar-refractivity contribution < 1.29 is 4.79 Å². The summed E-state index contributed by atoms with van der Waals surface area (Å²) >= 11 is 1.73. The number of fused-ring (bicyclic) bond motifs is 1. The molecule has 0 aliphatic rings. The number of nitrogens with one attached hydrogen (secondary N) is 3. The molecule has 2 heterocycles. The fourth-order valence-electron chi connectivity index (χ4n) is 2.28. The first-order chi connectivity index (χ1) is 10.7. The van der Waals surface area contributed by atoms with Crippen LogP contribution in [0.2, 0.25) is 0 Å². The van der Waals surface area contributed by atoms with Crippen LogP contribution in [0.4, 0.5) is 4.79 Å². The van der Waals surface area contributed by atoms with E-state index in [0.29, 0.717) is 12.4 Å². The second-order valence-electron chi connectivity index (χ2n) is 5.00. The Bertz CT molecular complexity index is 752. The summed E-state index contributed by atoms with van der Waals surface area (Å²) in [7, 11) is 0. The summed E-state index contributed by atoms with van der Waals surface area (Å²) in [5.74, 6) is 0.638. The summed E-state index contributed by atoms with van der Waals surface area (Å²) in [6.45, 7) is 2.45. The van der Waals surface area contributed by atoms with Gasteiger partial charge in [0.1, 0.15) is 12.2 Å². The third-order valence-corrected chi connectivity index (χ3v) is 4.44. The molecular formula is C15H17N5OS. The molecule has 114 valence electrons. The van der Waals surface area contributed by atoms with Gasteiger partial charge in [-0.1, -0.05) is 18.2 Å². The van der Waals surface area contributed by atoms with E-state index >= 15 is 0 Å². The molecule has 3 aromatic rings. The number of rotatable bonds is 5. The van der Waals surface area contributed by atoms with Crippen LogP contribution in [0.1, 0.15) is 24.4 Å². The zero-order valence-electron chi connectivity index (χ0n) is 12.2. The number of amides is 2. The highest BCUT2D eigenvalue weighted by molar-refractivity contribution is 7.17. The Hall–Kier alpha value is -2.41. The Labute approximate surface area is 132 Å². The summed E-state index contributed by atoms with van der Waals surface area (Å²) in [6.07, 6.45) is 2.24. The van der Waals surface area contributed by atoms with Gasteiger partial charge in [-0.25, -0.2) is 9.78 Å². The number of carbonyl (C=O) groups is 1. The molecule has 7 heteroatoms. The van der Waals surface area contributed by atoms with E-state index < -0.39 is 0 Å². The Morgan fingerprint density at radius 1 is 1.41 bits per heavy atom. The SMILES string of the molecule is CC(NC(=O)NCCc1csc2ccccc12)c1ncn[nH]1. The summed E-state index contributed by atoms with van der Waals surface area (Å²) < 4.78 is 1.28. The van der Waals surface area contributed by atoms with Crippen molar-refractivity contribution in [1.29, 1.82) is 0 Å². The van der Waals surface area contributed by atoms with Gasteiger partial charge in [-0.2, -0.15) is 5.10 Å². The number of benzene rings is 1. The lowest BCUT2D eigenvalue weighted by molar-refractivity contribution is 0.237. The summed E-state index contributed by atoms with van der Waals surface area (Å²) in [5.41, 5.74) is 1.27. The van der Waals surface area contributed by atoms with Gasteiger partial charge < -0.3 is 10.6 Å². The molecule has 2 amide bonds. The molecule has 0 fully saturated rings. The molecule has 2 aromatic heterocycles. The van der Waals surface area contributed by atoms with Crippen molar-refractivity contribution in [3.63, 3.8) is 0 Å². The normalized spacial score (nSPS) is 12.2. The van der Waals surface area contributed by atoms with E-state index in [9.17, 15) is 4.79 Å². The average Bonchev–Trinajstić information content (AvgIpc) is 3.17. The molecular weight excluding hydrogens is 298 g/mol. The smallest absolute Gasteiger partial charge is 0.315 e. The minimum Gasteiger partial charge on any atom is -0.338 e. The van der Waals surface area contributed by atoms with Crippen LogP contribution in [-0.2, 0) is 6.42 Å². The maximum absolute atomic E-state index is 11.9. The topological polar surface area (TPSA) is 82.7 Å². The average molecular weight is 315 g/mol. The van der Waals surface area contributed by atoms with Crippen LogP contribution in [0.25, 0.3) is 10.1 Å². The number of hydrogen-bond donors (Lipinski definition) is 3. The van der Waals surface area contributed by atoms with Crippen molar-refractivity contribution >= 4 is 27.5 Å². The van der Waals surface area contributed by atoms with E-state index in [1.54, 1.807) is 11.3 Å². The maximum Gasteiger partial charge on any atom is 0.315 e. The van der Waals surface area contributed by atoms with Crippen molar-refractivity contribution in [3.05, 3.63) is 47.4 Å². The van der Waals surface area contributed by atoms with Crippen LogP contribution in [-0.4, -0.2) is 27.8 Å². The fraction of sp³-hybridized carbons (Fsp3) is 0.267. The number of hydrogen-bond acceptors (Lipinski definition) is 4. The largest absolute Gasteiger partial charge is 0.338 e. The number of carbonyl (C=O) groups excluding carboxylic acids is 1. The molecule has 0 spiro atoms. The quantitative estimate of drug-likeness (QED) is 0.677. The highest BCUT2D eigenvalue weighted by Crippen LogP contribution is 2.25. The van der Waals surface area contributed by atoms with Crippen LogP contribution in [0.3, 0.4) is 0 Å². The van der Waals surface area contributed by atoms with Gasteiger partial charge in [-0.05, 0) is 35.7 Å². The monoisotopic (exact) mass is 315 g/mol. The molecule has 1 unspecified atom stereocenters. The van der Waals surface area contributed by atoms with Crippen molar-refractivity contribution in [1.82, 2.24) is 25.8 Å². The predicted octanol–water partition coefficient (Wildman–Crippen LogP) is 2.62. The first-order valence-corrected chi connectivity index (χ1v) is 7.97. The lowest BCUT2D eigenvalue weighted by atomic mass is 10.1. The highest BCUT2D eigenvalue weighted by Gasteiger charge is 2.11. The van der Waals surface area contributed by atoms with Gasteiger partial charge in [0.05, 0.1) is 6.04 Å². The Morgan fingerprint density at radius 3 is 3.09 bits per heavy atom. The van der Waals surface area contributed by atoms with Crippen LogP contribution in [0.5, 0.6) is 0 Å². The molecule has 0 saturated carbocycles. The molecule has 3 N–H and O–H groups in total. The van der Waals surface area contributed by atoms with Gasteiger partial charge in [0.2, 0.25) is 0 Å². The van der Waals surface area contributed by atoms with Crippen molar-refractivity contribution in [2.24, 2.45) is 0 Å². The second kappa shape index (κ2) is 6.57. The highest BCUT2D eigenvalue weighted by atomic mass is 32.1. The number of H-pyrrole nitrogens is 1. The third kappa shape index (κ3) is 3.25. The lowest BCUT2D eigenvalue weighted by Gasteiger charge is -2.12. The standard InChI is InChI=1S/C15H17N5OS/c1-10(14-17-9-18-20-14)19-15(21)16-7-6-11-8-22-13-5-3-2-4-12(11)13/h2-5,8-10H,6-7H2,1H3,(H2,16,19,21)(H,17,18,20). The van der Waals surface area contributed by atoms with Crippen LogP contribution >= 0.6 is 11.3 Å². The minimum absolute atomic E-state index is 0.204. The Balaban J connectivity index is 1.49. The number of thiophene rings is 1. The molecule has 0 saturated heterocycles. The lowest BCUT2D eigenvalue weighted by Crippen LogP contribution is -2.38. The zero-order chi connectivity index (χ0) is 15.4. The third-order valence-electron chi connectivity index (χ3n) is 3.43. The second-order valence-corrected chi connectivity index (χ2v) is 5.91. The van der Waals surface area contributed by atoms with Gasteiger partial charge in [0.25, 0.3) is 0 Å². The number of urea groups is 1. The summed E-state index contributed by atoms with van der Waals surface area (Å²) in [4.78, 5) is 15.9. The van der Waals surface area contributed by atoms with Crippen molar-refractivity contribution in [3.8, 4) is 0 Å². The van der Waals surface area contributed by atoms with Crippen LogP contribution in [0, 0.1) is 0 Å². The van der Waals surface area contributed by atoms with Crippen molar-refractivity contribution in [2.45, 2.75) is 19.4 Å². The predicted molar refractivity (Wildman–Crippen MR) is 86.9 cm³/mol. The van der Waals surface area contributed by atoms with Gasteiger partial charge in [0, 0.05) is 11.2 Å². The first kappa shape index (κ1) is 14.5. The molecule has 0 radical (unpaired) electrons. The Morgan fingerprint density at radius 2 is 2.27 bits per heavy atom. The number of aromatic nitrogens is 3. The van der Waals surface area contributed by atoms with Gasteiger partial charge in [0.15, 0.2) is 0 Å². The zero-order valence-corrected chi connectivity index (χ0v) is 13.0.